The summed E-state index contributed by atoms with van der Waals surface area (Å²) < 4.78 is 6.00. The van der Waals surface area contributed by atoms with Crippen molar-refractivity contribution < 1.29 is 14.3 Å². The number of carbonyl (C=O) groups excluding carboxylic acids is 2. The van der Waals surface area contributed by atoms with Crippen LogP contribution >= 0.6 is 34.3 Å². The highest BCUT2D eigenvalue weighted by molar-refractivity contribution is 7.17. The summed E-state index contributed by atoms with van der Waals surface area (Å²) in [4.78, 5) is 29.5. The number of fused-ring (bicyclic) bond motifs is 1. The van der Waals surface area contributed by atoms with Gasteiger partial charge >= 0.3 is 0 Å². The zero-order valence-corrected chi connectivity index (χ0v) is 18.1. The standard InChI is InChI=1S/C22H18ClNO3S2/c1-13(25)20-6-7-21(29-20)14-8-15-9-18(27-22(15)19(23)10-14)5-4-17(26)3-2-16-11-28-12-24-16/h2-3,6-8,10-12,18H,4-5,9H2,1H3/b3-2+. The van der Waals surface area contributed by atoms with Gasteiger partial charge in [0.05, 0.1) is 21.1 Å². The second-order valence-corrected chi connectivity index (χ2v) is 9.07. The van der Waals surface area contributed by atoms with Gasteiger partial charge in [-0.05, 0) is 55.3 Å². The number of nitrogens with zero attached hydrogens (tertiary/aromatic N) is 1. The van der Waals surface area contributed by atoms with Gasteiger partial charge in [0.15, 0.2) is 11.6 Å². The van der Waals surface area contributed by atoms with Gasteiger partial charge in [-0.2, -0.15) is 0 Å². The molecule has 2 aromatic heterocycles. The van der Waals surface area contributed by atoms with Crippen LogP contribution in [-0.2, 0) is 11.2 Å². The molecule has 3 aromatic rings. The number of aromatic nitrogens is 1. The number of ketones is 2. The van der Waals surface area contributed by atoms with Crippen LogP contribution in [0.25, 0.3) is 16.5 Å². The Labute approximate surface area is 181 Å². The minimum atomic E-state index is -0.0644. The molecule has 1 aliphatic heterocycles. The van der Waals surface area contributed by atoms with Crippen molar-refractivity contribution in [2.24, 2.45) is 0 Å². The summed E-state index contributed by atoms with van der Waals surface area (Å²) in [6.07, 6.45) is 5.01. The van der Waals surface area contributed by atoms with E-state index in [2.05, 4.69) is 11.1 Å². The zero-order chi connectivity index (χ0) is 20.4. The predicted molar refractivity (Wildman–Crippen MR) is 118 cm³/mol. The summed E-state index contributed by atoms with van der Waals surface area (Å²) in [6.45, 7) is 1.57. The van der Waals surface area contributed by atoms with Gasteiger partial charge in [-0.15, -0.1) is 22.7 Å². The maximum atomic E-state index is 12.1. The number of rotatable bonds is 7. The third kappa shape index (κ3) is 4.66. The first-order valence-electron chi connectivity index (χ1n) is 9.19. The van der Waals surface area contributed by atoms with Crippen molar-refractivity contribution in [1.82, 2.24) is 4.98 Å². The molecule has 0 N–H and O–H groups in total. The van der Waals surface area contributed by atoms with E-state index in [1.165, 1.54) is 22.7 Å². The van der Waals surface area contributed by atoms with Gasteiger partial charge in [-0.1, -0.05) is 11.6 Å². The Bertz CT molecular complexity index is 1090. The molecule has 0 spiro atoms. The van der Waals surface area contributed by atoms with Crippen LogP contribution in [0.2, 0.25) is 5.02 Å². The summed E-state index contributed by atoms with van der Waals surface area (Å²) in [5, 5.41) is 2.46. The fraction of sp³-hybridized carbons (Fsp3) is 0.227. The molecule has 4 nitrogen and oxygen atoms in total. The van der Waals surface area contributed by atoms with Crippen molar-refractivity contribution in [3.63, 3.8) is 0 Å². The van der Waals surface area contributed by atoms with Crippen LogP contribution in [-0.4, -0.2) is 22.7 Å². The van der Waals surface area contributed by atoms with Crippen molar-refractivity contribution in [3.8, 4) is 16.2 Å². The molecule has 29 heavy (non-hydrogen) atoms. The van der Waals surface area contributed by atoms with E-state index in [1.54, 1.807) is 24.6 Å². The fourth-order valence-corrected chi connectivity index (χ4v) is 4.94. The van der Waals surface area contributed by atoms with Gasteiger partial charge in [-0.3, -0.25) is 9.59 Å². The highest BCUT2D eigenvalue weighted by atomic mass is 35.5. The third-order valence-electron chi connectivity index (χ3n) is 4.69. The number of Topliss-reactive ketones (excluding diaryl/α,β-unsaturated/α-hetero) is 1. The quantitative estimate of drug-likeness (QED) is 0.327. The number of hydrogen-bond acceptors (Lipinski definition) is 6. The normalized spacial score (nSPS) is 15.4. The number of benzene rings is 1. The zero-order valence-electron chi connectivity index (χ0n) is 15.7. The van der Waals surface area contributed by atoms with E-state index in [1.807, 2.05) is 23.6 Å². The SMILES string of the molecule is CC(=O)c1ccc(-c2cc(Cl)c3c(c2)CC(CCC(=O)/C=C/c2cscn2)O3)s1. The van der Waals surface area contributed by atoms with Crippen molar-refractivity contribution in [1.29, 1.82) is 0 Å². The van der Waals surface area contributed by atoms with E-state index in [4.69, 9.17) is 16.3 Å². The van der Waals surface area contributed by atoms with Crippen molar-refractivity contribution in [3.05, 3.63) is 62.4 Å². The molecule has 148 valence electrons. The molecule has 0 fully saturated rings. The predicted octanol–water partition coefficient (Wildman–Crippen LogP) is 6.09. The summed E-state index contributed by atoms with van der Waals surface area (Å²) >= 11 is 9.42. The lowest BCUT2D eigenvalue weighted by Gasteiger charge is -2.10. The topological polar surface area (TPSA) is 56.3 Å². The van der Waals surface area contributed by atoms with E-state index in [-0.39, 0.29) is 17.7 Å². The van der Waals surface area contributed by atoms with Crippen molar-refractivity contribution >= 4 is 51.9 Å². The molecule has 3 heterocycles. The first kappa shape index (κ1) is 20.0. The van der Waals surface area contributed by atoms with Crippen LogP contribution in [0.1, 0.15) is 40.7 Å². The average molecular weight is 444 g/mol. The van der Waals surface area contributed by atoms with Gasteiger partial charge < -0.3 is 4.74 Å². The minimum absolute atomic E-state index is 0.0553. The van der Waals surface area contributed by atoms with Crippen LogP contribution < -0.4 is 4.74 Å². The lowest BCUT2D eigenvalue weighted by Crippen LogP contribution is -2.14. The number of halogens is 1. The molecule has 1 aliphatic rings. The average Bonchev–Trinajstić information content (AvgIpc) is 3.44. The van der Waals surface area contributed by atoms with Gasteiger partial charge in [0, 0.05) is 28.7 Å². The number of hydrogen-bond donors (Lipinski definition) is 0. The molecule has 1 aromatic carbocycles. The molecule has 0 saturated carbocycles. The highest BCUT2D eigenvalue weighted by Crippen LogP contribution is 2.41. The monoisotopic (exact) mass is 443 g/mol. The number of allylic oxidation sites excluding steroid dienone is 1. The summed E-state index contributed by atoms with van der Waals surface area (Å²) in [6, 6.07) is 7.73. The van der Waals surface area contributed by atoms with Crippen molar-refractivity contribution in [2.45, 2.75) is 32.3 Å². The van der Waals surface area contributed by atoms with E-state index in [0.29, 0.717) is 23.6 Å². The second-order valence-electron chi connectivity index (χ2n) is 6.86. The molecule has 0 saturated heterocycles. The minimum Gasteiger partial charge on any atom is -0.488 e. The maximum absolute atomic E-state index is 12.1. The lowest BCUT2D eigenvalue weighted by molar-refractivity contribution is -0.115. The van der Waals surface area contributed by atoms with E-state index in [0.717, 1.165) is 33.0 Å². The Kier molecular flexibility index (Phi) is 5.94. The number of ether oxygens (including phenoxy) is 1. The first-order chi connectivity index (χ1) is 14.0. The number of carbonyl (C=O) groups is 2. The largest absolute Gasteiger partial charge is 0.488 e. The Morgan fingerprint density at radius 3 is 2.93 bits per heavy atom. The Morgan fingerprint density at radius 2 is 2.21 bits per heavy atom. The van der Waals surface area contributed by atoms with Crippen LogP contribution in [0.15, 0.2) is 41.2 Å². The highest BCUT2D eigenvalue weighted by Gasteiger charge is 2.26. The van der Waals surface area contributed by atoms with Crippen LogP contribution in [0, 0.1) is 0 Å². The molecule has 4 rings (SSSR count). The smallest absolute Gasteiger partial charge is 0.169 e. The van der Waals surface area contributed by atoms with Crippen LogP contribution in [0.4, 0.5) is 0 Å². The summed E-state index contributed by atoms with van der Waals surface area (Å²) in [7, 11) is 0. The van der Waals surface area contributed by atoms with E-state index >= 15 is 0 Å². The molecule has 0 aliphatic carbocycles. The molecule has 0 bridgehead atoms. The Balaban J connectivity index is 1.40. The van der Waals surface area contributed by atoms with E-state index in [9.17, 15) is 9.59 Å². The van der Waals surface area contributed by atoms with Crippen LogP contribution in [0.3, 0.4) is 0 Å². The molecular formula is C22H18ClNO3S2. The fourth-order valence-electron chi connectivity index (χ4n) is 3.24. The summed E-state index contributed by atoms with van der Waals surface area (Å²) in [5.41, 5.74) is 4.57. The number of thiophene rings is 1. The first-order valence-corrected chi connectivity index (χ1v) is 11.3. The molecule has 1 atom stereocenters. The molecule has 1 unspecified atom stereocenters. The summed E-state index contributed by atoms with van der Waals surface area (Å²) in [5.74, 6) is 0.819. The molecule has 0 amide bonds. The second kappa shape index (κ2) is 8.61. The molecule has 7 heteroatoms. The maximum Gasteiger partial charge on any atom is 0.169 e. The Morgan fingerprint density at radius 1 is 1.34 bits per heavy atom. The lowest BCUT2D eigenvalue weighted by atomic mass is 10.0. The van der Waals surface area contributed by atoms with Crippen LogP contribution in [0.5, 0.6) is 5.75 Å². The molecule has 0 radical (unpaired) electrons. The molecular weight excluding hydrogens is 426 g/mol. The van der Waals surface area contributed by atoms with E-state index < -0.39 is 0 Å². The van der Waals surface area contributed by atoms with Gasteiger partial charge in [0.2, 0.25) is 0 Å². The third-order valence-corrected chi connectivity index (χ3v) is 6.81. The van der Waals surface area contributed by atoms with Gasteiger partial charge in [-0.25, -0.2) is 4.98 Å². The van der Waals surface area contributed by atoms with Gasteiger partial charge in [0.1, 0.15) is 11.9 Å². The Hall–Kier alpha value is -2.28. The van der Waals surface area contributed by atoms with Crippen molar-refractivity contribution in [2.75, 3.05) is 0 Å². The number of thiazole rings is 1. The van der Waals surface area contributed by atoms with Gasteiger partial charge in [0.25, 0.3) is 0 Å².